The van der Waals surface area contributed by atoms with Crippen LogP contribution in [0.15, 0.2) is 0 Å². The van der Waals surface area contributed by atoms with Gasteiger partial charge in [-0.2, -0.15) is 0 Å². The van der Waals surface area contributed by atoms with Gasteiger partial charge in [-0.1, -0.05) is 0 Å². The highest BCUT2D eigenvalue weighted by atomic mass is 16.4. The van der Waals surface area contributed by atoms with E-state index >= 15 is 0 Å². The molecule has 4 N–H and O–H groups in total. The van der Waals surface area contributed by atoms with E-state index in [0.717, 1.165) is 4.90 Å². The molecule has 3 amide bonds. The molecule has 8 heteroatoms. The summed E-state index contributed by atoms with van der Waals surface area (Å²) in [6.07, 6.45) is 0.318. The van der Waals surface area contributed by atoms with Crippen LogP contribution < -0.4 is 5.73 Å². The van der Waals surface area contributed by atoms with Crippen molar-refractivity contribution >= 4 is 17.9 Å². The van der Waals surface area contributed by atoms with Gasteiger partial charge in [0.15, 0.2) is 0 Å². The number of likely N-dealkylation sites (tertiary alicyclic amines) is 2. The Kier molecular flexibility index (Phi) is 3.61. The van der Waals surface area contributed by atoms with Crippen LogP contribution in [0.25, 0.3) is 0 Å². The van der Waals surface area contributed by atoms with E-state index < -0.39 is 36.1 Å². The van der Waals surface area contributed by atoms with Crippen LogP contribution in [0, 0.1) is 0 Å². The molecule has 2 saturated heterocycles. The average molecular weight is 271 g/mol. The Hall–Kier alpha value is -1.83. The minimum atomic E-state index is -1.15. The Balaban J connectivity index is 2.14. The zero-order valence-electron chi connectivity index (χ0n) is 10.4. The van der Waals surface area contributed by atoms with Gasteiger partial charge >= 0.3 is 12.0 Å². The second kappa shape index (κ2) is 5.04. The number of carboxylic acid groups (broad SMARTS) is 1. The van der Waals surface area contributed by atoms with Crippen LogP contribution in [0.4, 0.5) is 4.79 Å². The van der Waals surface area contributed by atoms with Crippen LogP contribution in [0.1, 0.15) is 19.3 Å². The number of hydrogen-bond donors (Lipinski definition) is 3. The molecule has 0 aromatic rings. The van der Waals surface area contributed by atoms with Gasteiger partial charge in [0.25, 0.3) is 0 Å². The van der Waals surface area contributed by atoms with Gasteiger partial charge < -0.3 is 25.7 Å². The van der Waals surface area contributed by atoms with Crippen molar-refractivity contribution < 1.29 is 24.6 Å². The third kappa shape index (κ3) is 2.48. The molecule has 0 aliphatic carbocycles. The number of β-amino-alcohol motifs (C(OH)–C–C–N with tert-alkyl or cyclic N) is 1. The summed E-state index contributed by atoms with van der Waals surface area (Å²) in [4.78, 5) is 37.0. The molecular weight excluding hydrogens is 254 g/mol. The molecular formula is C11H17N3O5. The number of aliphatic hydroxyl groups is 1. The number of rotatable bonds is 2. The summed E-state index contributed by atoms with van der Waals surface area (Å²) in [6, 6.07) is -2.26. The van der Waals surface area contributed by atoms with Gasteiger partial charge in [0, 0.05) is 19.5 Å². The van der Waals surface area contributed by atoms with E-state index in [1.165, 1.54) is 4.90 Å². The average Bonchev–Trinajstić information content (AvgIpc) is 2.93. The molecule has 0 saturated carbocycles. The van der Waals surface area contributed by atoms with E-state index in [4.69, 9.17) is 10.8 Å². The predicted octanol–water partition coefficient (Wildman–Crippen LogP) is -1.42. The van der Waals surface area contributed by atoms with Crippen molar-refractivity contribution in [3.63, 3.8) is 0 Å². The number of carboxylic acids is 1. The number of nitrogens with two attached hydrogens (primary N) is 1. The van der Waals surface area contributed by atoms with Gasteiger partial charge in [-0.3, -0.25) is 4.79 Å². The molecule has 2 aliphatic rings. The van der Waals surface area contributed by atoms with E-state index in [0.29, 0.717) is 19.4 Å². The standard InChI is InChI=1S/C11H17N3O5/c12-9(16)7-2-1-3-13(7)11(19)14-5-6(15)4-8(14)10(17)18/h6-8,15H,1-5H2,(H2,12,16)(H,17,18). The maximum absolute atomic E-state index is 12.3. The molecule has 2 heterocycles. The number of aliphatic hydroxyl groups excluding tert-OH is 1. The predicted molar refractivity (Wildman–Crippen MR) is 63.1 cm³/mol. The summed E-state index contributed by atoms with van der Waals surface area (Å²) >= 11 is 0. The van der Waals surface area contributed by atoms with Crippen molar-refractivity contribution in [3.05, 3.63) is 0 Å². The fourth-order valence-corrected chi connectivity index (χ4v) is 2.72. The maximum Gasteiger partial charge on any atom is 0.326 e. The van der Waals surface area contributed by atoms with Gasteiger partial charge in [-0.25, -0.2) is 9.59 Å². The Bertz CT molecular complexity index is 413. The zero-order valence-corrected chi connectivity index (χ0v) is 10.4. The first-order valence-electron chi connectivity index (χ1n) is 6.19. The number of hydrogen-bond acceptors (Lipinski definition) is 4. The first-order chi connectivity index (χ1) is 8.91. The van der Waals surface area contributed by atoms with E-state index in [-0.39, 0.29) is 13.0 Å². The summed E-state index contributed by atoms with van der Waals surface area (Å²) in [5.41, 5.74) is 5.23. The van der Waals surface area contributed by atoms with Gasteiger partial charge in [-0.05, 0) is 12.8 Å². The van der Waals surface area contributed by atoms with E-state index in [1.807, 2.05) is 0 Å². The number of carbonyl (C=O) groups excluding carboxylic acids is 2. The van der Waals surface area contributed by atoms with E-state index in [1.54, 1.807) is 0 Å². The largest absolute Gasteiger partial charge is 0.480 e. The molecule has 0 bridgehead atoms. The molecule has 8 nitrogen and oxygen atoms in total. The van der Waals surface area contributed by atoms with Crippen molar-refractivity contribution in [2.45, 2.75) is 37.5 Å². The topological polar surface area (TPSA) is 124 Å². The Morgan fingerprint density at radius 1 is 1.16 bits per heavy atom. The third-order valence-corrected chi connectivity index (χ3v) is 3.64. The Morgan fingerprint density at radius 2 is 1.84 bits per heavy atom. The summed E-state index contributed by atoms with van der Waals surface area (Å²) < 4.78 is 0. The normalized spacial score (nSPS) is 30.7. The lowest BCUT2D eigenvalue weighted by atomic mass is 10.2. The zero-order chi connectivity index (χ0) is 14.2. The molecule has 3 atom stereocenters. The molecule has 0 aromatic heterocycles. The van der Waals surface area contributed by atoms with Gasteiger partial charge in [-0.15, -0.1) is 0 Å². The molecule has 2 fully saturated rings. The summed E-state index contributed by atoms with van der Waals surface area (Å²) in [6.45, 7) is 0.350. The van der Waals surface area contributed by atoms with Crippen molar-refractivity contribution in [1.29, 1.82) is 0 Å². The van der Waals surface area contributed by atoms with E-state index in [2.05, 4.69) is 0 Å². The lowest BCUT2D eigenvalue weighted by molar-refractivity contribution is -0.141. The summed E-state index contributed by atoms with van der Waals surface area (Å²) in [5.74, 6) is -1.74. The highest BCUT2D eigenvalue weighted by Gasteiger charge is 2.43. The number of primary amides is 1. The SMILES string of the molecule is NC(=O)C1CCCN1C(=O)N1CC(O)CC1C(=O)O. The second-order valence-electron chi connectivity index (χ2n) is 4.93. The van der Waals surface area contributed by atoms with Crippen LogP contribution >= 0.6 is 0 Å². The van der Waals surface area contributed by atoms with Gasteiger partial charge in [0.2, 0.25) is 5.91 Å². The van der Waals surface area contributed by atoms with Crippen LogP contribution in [0.5, 0.6) is 0 Å². The smallest absolute Gasteiger partial charge is 0.326 e. The number of amides is 3. The molecule has 0 radical (unpaired) electrons. The minimum Gasteiger partial charge on any atom is -0.480 e. The molecule has 106 valence electrons. The summed E-state index contributed by atoms with van der Waals surface area (Å²) in [5, 5.41) is 18.6. The van der Waals surface area contributed by atoms with E-state index in [9.17, 15) is 19.5 Å². The number of urea groups is 1. The highest BCUT2D eigenvalue weighted by Crippen LogP contribution is 2.24. The lowest BCUT2D eigenvalue weighted by Crippen LogP contribution is -2.52. The van der Waals surface area contributed by atoms with Crippen molar-refractivity contribution in [2.75, 3.05) is 13.1 Å². The number of aliphatic carboxylic acids is 1. The molecule has 0 spiro atoms. The van der Waals surface area contributed by atoms with Crippen LogP contribution in [0.2, 0.25) is 0 Å². The summed E-state index contributed by atoms with van der Waals surface area (Å²) in [7, 11) is 0. The molecule has 3 unspecified atom stereocenters. The monoisotopic (exact) mass is 271 g/mol. The first-order valence-corrected chi connectivity index (χ1v) is 6.19. The van der Waals surface area contributed by atoms with Gasteiger partial charge in [0.1, 0.15) is 12.1 Å². The Labute approximate surface area is 109 Å². The van der Waals surface area contributed by atoms with Crippen molar-refractivity contribution in [3.8, 4) is 0 Å². The van der Waals surface area contributed by atoms with Crippen molar-refractivity contribution in [2.24, 2.45) is 5.73 Å². The molecule has 2 rings (SSSR count). The quantitative estimate of drug-likeness (QED) is 0.568. The van der Waals surface area contributed by atoms with Crippen LogP contribution in [-0.2, 0) is 9.59 Å². The highest BCUT2D eigenvalue weighted by molar-refractivity contribution is 5.89. The van der Waals surface area contributed by atoms with Gasteiger partial charge in [0.05, 0.1) is 6.10 Å². The lowest BCUT2D eigenvalue weighted by Gasteiger charge is -2.30. The van der Waals surface area contributed by atoms with Crippen LogP contribution in [0.3, 0.4) is 0 Å². The fourth-order valence-electron chi connectivity index (χ4n) is 2.72. The Morgan fingerprint density at radius 3 is 2.42 bits per heavy atom. The molecule has 0 aromatic carbocycles. The van der Waals surface area contributed by atoms with Crippen molar-refractivity contribution in [1.82, 2.24) is 9.80 Å². The molecule has 2 aliphatic heterocycles. The molecule has 19 heavy (non-hydrogen) atoms. The third-order valence-electron chi connectivity index (χ3n) is 3.64. The maximum atomic E-state index is 12.3. The number of nitrogens with zero attached hydrogens (tertiary/aromatic N) is 2. The van der Waals surface area contributed by atoms with Crippen LogP contribution in [-0.4, -0.2) is 69.2 Å². The number of carbonyl (C=O) groups is 3. The second-order valence-corrected chi connectivity index (χ2v) is 4.93. The first kappa shape index (κ1) is 13.6. The minimum absolute atomic E-state index is 0.0101. The fraction of sp³-hybridized carbons (Fsp3) is 0.727.